The summed E-state index contributed by atoms with van der Waals surface area (Å²) in [6.45, 7) is 5.11. The van der Waals surface area contributed by atoms with E-state index in [-0.39, 0.29) is 6.42 Å². The topological polar surface area (TPSA) is 234 Å². The van der Waals surface area contributed by atoms with Gasteiger partial charge < -0.3 is 42.7 Å². The minimum atomic E-state index is -1.68. The number of nitrogens with two attached hydrogens (primary N) is 2. The third kappa shape index (κ3) is 11.1. The molecular formula is C20H37N5O8. The number of rotatable bonds is 16. The molecule has 0 aliphatic rings. The molecule has 6 unspecified atom stereocenters. The molecule has 0 aromatic carbocycles. The van der Waals surface area contributed by atoms with Gasteiger partial charge in [-0.25, -0.2) is 4.79 Å². The number of amides is 3. The van der Waals surface area contributed by atoms with Crippen LogP contribution < -0.4 is 27.4 Å². The molecule has 0 rings (SSSR count). The molecule has 10 N–H and O–H groups in total. The normalized spacial score (nSPS) is 16.4. The smallest absolute Gasteiger partial charge is 0.326 e. The first-order valence-electron chi connectivity index (χ1n) is 10.8. The van der Waals surface area contributed by atoms with Gasteiger partial charge in [-0.2, -0.15) is 0 Å². The summed E-state index contributed by atoms with van der Waals surface area (Å²) in [7, 11) is 0. The van der Waals surface area contributed by atoms with Crippen molar-refractivity contribution in [1.29, 1.82) is 0 Å². The molecule has 13 nitrogen and oxygen atoms in total. The van der Waals surface area contributed by atoms with E-state index < -0.39 is 72.3 Å². The van der Waals surface area contributed by atoms with Crippen molar-refractivity contribution >= 4 is 29.7 Å². The van der Waals surface area contributed by atoms with Gasteiger partial charge in [-0.1, -0.05) is 20.3 Å². The number of carbonyl (C=O) groups excluding carboxylic acids is 3. The van der Waals surface area contributed by atoms with Crippen LogP contribution >= 0.6 is 0 Å². The molecule has 0 aromatic heterocycles. The van der Waals surface area contributed by atoms with Crippen molar-refractivity contribution in [3.63, 3.8) is 0 Å². The van der Waals surface area contributed by atoms with Gasteiger partial charge in [0, 0.05) is 0 Å². The molecule has 13 heteroatoms. The maximum atomic E-state index is 12.9. The van der Waals surface area contributed by atoms with Gasteiger partial charge in [0.25, 0.3) is 0 Å². The van der Waals surface area contributed by atoms with Crippen LogP contribution in [0.3, 0.4) is 0 Å². The Morgan fingerprint density at radius 3 is 1.91 bits per heavy atom. The van der Waals surface area contributed by atoms with Gasteiger partial charge in [0.15, 0.2) is 0 Å². The fraction of sp³-hybridized carbons (Fsp3) is 0.750. The minimum absolute atomic E-state index is 0.187. The summed E-state index contributed by atoms with van der Waals surface area (Å²) in [5.41, 5.74) is 11.1. The highest BCUT2D eigenvalue weighted by molar-refractivity contribution is 5.94. The Bertz CT molecular complexity index is 687. The average Bonchev–Trinajstić information content (AvgIpc) is 2.74. The molecule has 0 radical (unpaired) electrons. The van der Waals surface area contributed by atoms with Crippen molar-refractivity contribution in [2.45, 2.75) is 83.1 Å². The number of hydrogen-bond donors (Lipinski definition) is 8. The van der Waals surface area contributed by atoms with Crippen LogP contribution in [0.25, 0.3) is 0 Å². The van der Waals surface area contributed by atoms with Crippen molar-refractivity contribution in [2.24, 2.45) is 17.4 Å². The second-order valence-electron chi connectivity index (χ2n) is 7.98. The van der Waals surface area contributed by atoms with Crippen LogP contribution in [0.1, 0.15) is 52.9 Å². The quantitative estimate of drug-likeness (QED) is 0.113. The molecule has 0 aliphatic heterocycles. The second kappa shape index (κ2) is 15.1. The van der Waals surface area contributed by atoms with Gasteiger partial charge in [0.2, 0.25) is 17.7 Å². The van der Waals surface area contributed by atoms with Gasteiger partial charge >= 0.3 is 11.9 Å². The number of aliphatic hydroxyl groups excluding tert-OH is 1. The number of aliphatic carboxylic acids is 2. The van der Waals surface area contributed by atoms with Crippen LogP contribution in [0, 0.1) is 5.92 Å². The highest BCUT2D eigenvalue weighted by Crippen LogP contribution is 2.11. The molecule has 0 aliphatic carbocycles. The number of nitrogens with one attached hydrogen (secondary N) is 3. The summed E-state index contributed by atoms with van der Waals surface area (Å²) in [6, 6.07) is -5.21. The van der Waals surface area contributed by atoms with Crippen molar-refractivity contribution < 1.29 is 39.3 Å². The van der Waals surface area contributed by atoms with E-state index in [0.717, 1.165) is 0 Å². The molecule has 3 amide bonds. The number of unbranched alkanes of at least 4 members (excludes halogenated alkanes) is 1. The maximum Gasteiger partial charge on any atom is 0.326 e. The first-order chi connectivity index (χ1) is 15.3. The molecule has 0 aromatic rings. The number of aliphatic hydroxyl groups is 1. The fourth-order valence-electron chi connectivity index (χ4n) is 2.84. The lowest BCUT2D eigenvalue weighted by molar-refractivity contribution is -0.147. The summed E-state index contributed by atoms with van der Waals surface area (Å²) >= 11 is 0. The zero-order valence-electron chi connectivity index (χ0n) is 19.2. The minimum Gasteiger partial charge on any atom is -0.481 e. The van der Waals surface area contributed by atoms with Gasteiger partial charge in [-0.3, -0.25) is 19.2 Å². The summed E-state index contributed by atoms with van der Waals surface area (Å²) in [4.78, 5) is 60.1. The predicted octanol–water partition coefficient (Wildman–Crippen LogP) is -2.12. The van der Waals surface area contributed by atoms with Crippen LogP contribution in [0.15, 0.2) is 0 Å². The summed E-state index contributed by atoms with van der Waals surface area (Å²) < 4.78 is 0. The molecule has 0 heterocycles. The Balaban J connectivity index is 5.58. The largest absolute Gasteiger partial charge is 0.481 e. The van der Waals surface area contributed by atoms with Gasteiger partial charge in [0.05, 0.1) is 12.5 Å². The number of hydrogen-bond acceptors (Lipinski definition) is 8. The fourth-order valence-corrected chi connectivity index (χ4v) is 2.84. The lowest BCUT2D eigenvalue weighted by atomic mass is 9.96. The number of carbonyl (C=O) groups is 5. The van der Waals surface area contributed by atoms with Crippen LogP contribution in [0.2, 0.25) is 0 Å². The lowest BCUT2D eigenvalue weighted by Gasteiger charge is -2.28. The average molecular weight is 476 g/mol. The highest BCUT2D eigenvalue weighted by Gasteiger charge is 2.33. The van der Waals surface area contributed by atoms with Crippen LogP contribution in [-0.4, -0.2) is 81.8 Å². The molecule has 0 spiro atoms. The molecule has 33 heavy (non-hydrogen) atoms. The van der Waals surface area contributed by atoms with E-state index in [0.29, 0.717) is 25.8 Å². The Hall–Kier alpha value is -2.77. The Morgan fingerprint density at radius 1 is 0.879 bits per heavy atom. The van der Waals surface area contributed by atoms with Gasteiger partial charge in [0.1, 0.15) is 24.2 Å². The predicted molar refractivity (Wildman–Crippen MR) is 118 cm³/mol. The van der Waals surface area contributed by atoms with Crippen molar-refractivity contribution in [3.05, 3.63) is 0 Å². The summed E-state index contributed by atoms with van der Waals surface area (Å²) in [6.07, 6.45) is -0.305. The van der Waals surface area contributed by atoms with E-state index in [2.05, 4.69) is 16.0 Å². The molecule has 6 atom stereocenters. The van der Waals surface area contributed by atoms with Gasteiger partial charge in [-0.15, -0.1) is 0 Å². The maximum absolute atomic E-state index is 12.9. The summed E-state index contributed by atoms with van der Waals surface area (Å²) in [5.74, 6) is -5.70. The standard InChI is InChI=1S/C20H37N5O8/c1-4-10(2)16(19(31)24-13(20(32)33)9-14(27)28)25-17(29)12(7-5-6-8-21)23-18(30)15(22)11(3)26/h10-13,15-16,26H,4-9,21-22H2,1-3H3,(H,23,30)(H,24,31)(H,25,29)(H,27,28)(H,32,33). The molecule has 0 bridgehead atoms. The Morgan fingerprint density at radius 2 is 1.45 bits per heavy atom. The van der Waals surface area contributed by atoms with Crippen LogP contribution in [0.5, 0.6) is 0 Å². The highest BCUT2D eigenvalue weighted by atomic mass is 16.4. The van der Waals surface area contributed by atoms with Crippen LogP contribution in [-0.2, 0) is 24.0 Å². The van der Waals surface area contributed by atoms with Crippen molar-refractivity contribution in [1.82, 2.24) is 16.0 Å². The zero-order valence-corrected chi connectivity index (χ0v) is 19.2. The van der Waals surface area contributed by atoms with E-state index in [9.17, 15) is 34.2 Å². The van der Waals surface area contributed by atoms with E-state index in [1.54, 1.807) is 13.8 Å². The number of carboxylic acids is 2. The first-order valence-corrected chi connectivity index (χ1v) is 10.8. The van der Waals surface area contributed by atoms with E-state index in [1.165, 1.54) is 6.92 Å². The monoisotopic (exact) mass is 475 g/mol. The van der Waals surface area contributed by atoms with Crippen LogP contribution in [0.4, 0.5) is 0 Å². The first kappa shape index (κ1) is 30.2. The summed E-state index contributed by atoms with van der Waals surface area (Å²) in [5, 5.41) is 34.7. The van der Waals surface area contributed by atoms with Crippen molar-refractivity contribution in [2.75, 3.05) is 6.54 Å². The van der Waals surface area contributed by atoms with E-state index in [1.807, 2.05) is 0 Å². The lowest BCUT2D eigenvalue weighted by Crippen LogP contribution is -2.59. The molecule has 0 fully saturated rings. The molecule has 0 saturated carbocycles. The zero-order chi connectivity index (χ0) is 25.7. The second-order valence-corrected chi connectivity index (χ2v) is 7.98. The van der Waals surface area contributed by atoms with E-state index >= 15 is 0 Å². The molecule has 0 saturated heterocycles. The third-order valence-electron chi connectivity index (χ3n) is 5.19. The SMILES string of the molecule is CCC(C)C(NC(=O)C(CCCCN)NC(=O)C(N)C(C)O)C(=O)NC(CC(=O)O)C(=O)O. The third-order valence-corrected chi connectivity index (χ3v) is 5.19. The van der Waals surface area contributed by atoms with Gasteiger partial charge in [-0.05, 0) is 38.6 Å². The number of carboxylic acid groups (broad SMARTS) is 2. The van der Waals surface area contributed by atoms with Crippen molar-refractivity contribution in [3.8, 4) is 0 Å². The molecule has 190 valence electrons. The Labute approximate surface area is 192 Å². The Kier molecular flexibility index (Phi) is 13.9. The molecular weight excluding hydrogens is 438 g/mol. The van der Waals surface area contributed by atoms with E-state index in [4.69, 9.17) is 16.6 Å².